The smallest absolute Gasteiger partial charge is 0.316 e. The van der Waals surface area contributed by atoms with Crippen molar-refractivity contribution in [2.24, 2.45) is 0 Å². The number of nitrogens with one attached hydrogen (secondary N) is 1. The molecule has 0 bridgehead atoms. The molecule has 0 aromatic carbocycles. The van der Waals surface area contributed by atoms with E-state index in [4.69, 9.17) is 11.6 Å². The van der Waals surface area contributed by atoms with Gasteiger partial charge in [-0.15, -0.1) is 11.6 Å². The van der Waals surface area contributed by atoms with Gasteiger partial charge >= 0.3 is 5.51 Å². The largest absolute Gasteiger partial charge is 0.441 e. The predicted octanol–water partition coefficient (Wildman–Crippen LogP) is 3.24. The number of halogens is 4. The molecule has 0 aliphatic rings. The molecule has 0 heterocycles. The number of hydrogen-bond acceptors (Lipinski definition) is 2. The number of thioether (sulfide) groups is 1. The summed E-state index contributed by atoms with van der Waals surface area (Å²) in [7, 11) is 0. The molecular formula is C8H15ClF3NS. The van der Waals surface area contributed by atoms with Crippen LogP contribution in [0.5, 0.6) is 0 Å². The Morgan fingerprint density at radius 2 is 2.00 bits per heavy atom. The van der Waals surface area contributed by atoms with Gasteiger partial charge in [-0.1, -0.05) is 6.92 Å². The first-order valence-corrected chi connectivity index (χ1v) is 5.93. The van der Waals surface area contributed by atoms with Gasteiger partial charge in [0.25, 0.3) is 0 Å². The first kappa shape index (κ1) is 14.4. The number of alkyl halides is 4. The van der Waals surface area contributed by atoms with E-state index in [1.807, 2.05) is 6.92 Å². The van der Waals surface area contributed by atoms with Gasteiger partial charge in [-0.25, -0.2) is 0 Å². The molecule has 1 nitrogen and oxygen atoms in total. The quantitative estimate of drug-likeness (QED) is 0.549. The maximum atomic E-state index is 11.7. The Bertz CT molecular complexity index is 143. The second kappa shape index (κ2) is 7.65. The van der Waals surface area contributed by atoms with Gasteiger partial charge in [-0.3, -0.25) is 0 Å². The Kier molecular flexibility index (Phi) is 7.86. The summed E-state index contributed by atoms with van der Waals surface area (Å²) in [6.45, 7) is 3.04. The second-order valence-corrected chi connectivity index (χ2v) is 4.62. The molecule has 14 heavy (non-hydrogen) atoms. The molecule has 0 rings (SSSR count). The average Bonchev–Trinajstić information content (AvgIpc) is 2.08. The van der Waals surface area contributed by atoms with Crippen molar-refractivity contribution in [1.29, 1.82) is 0 Å². The van der Waals surface area contributed by atoms with Crippen molar-refractivity contribution >= 4 is 23.4 Å². The van der Waals surface area contributed by atoms with E-state index in [0.29, 0.717) is 13.1 Å². The van der Waals surface area contributed by atoms with Crippen molar-refractivity contribution in [3.63, 3.8) is 0 Å². The van der Waals surface area contributed by atoms with Gasteiger partial charge in [0, 0.05) is 17.7 Å². The summed E-state index contributed by atoms with van der Waals surface area (Å²) in [5.41, 5.74) is -4.11. The van der Waals surface area contributed by atoms with Crippen LogP contribution in [0.1, 0.15) is 19.8 Å². The van der Waals surface area contributed by atoms with E-state index in [1.165, 1.54) is 0 Å². The van der Waals surface area contributed by atoms with E-state index in [9.17, 15) is 13.2 Å². The zero-order chi connectivity index (χ0) is 11.0. The molecule has 0 spiro atoms. The van der Waals surface area contributed by atoms with Crippen LogP contribution in [-0.2, 0) is 0 Å². The van der Waals surface area contributed by atoms with Crippen LogP contribution in [0.25, 0.3) is 0 Å². The monoisotopic (exact) mass is 249 g/mol. The summed E-state index contributed by atoms with van der Waals surface area (Å²) in [4.78, 5) is 0. The molecule has 86 valence electrons. The molecule has 0 amide bonds. The van der Waals surface area contributed by atoms with Gasteiger partial charge in [0.05, 0.1) is 0 Å². The zero-order valence-corrected chi connectivity index (χ0v) is 9.61. The Labute approximate surface area is 91.8 Å². The third-order valence-electron chi connectivity index (χ3n) is 1.62. The topological polar surface area (TPSA) is 12.0 Å². The van der Waals surface area contributed by atoms with Crippen LogP contribution in [-0.4, -0.2) is 29.7 Å². The van der Waals surface area contributed by atoms with Crippen LogP contribution in [0.3, 0.4) is 0 Å². The highest BCUT2D eigenvalue weighted by atomic mass is 35.5. The lowest BCUT2D eigenvalue weighted by Gasteiger charge is -2.08. The molecule has 0 aliphatic heterocycles. The fraction of sp³-hybridized carbons (Fsp3) is 1.00. The highest BCUT2D eigenvalue weighted by Gasteiger charge is 2.27. The molecule has 0 saturated heterocycles. The summed E-state index contributed by atoms with van der Waals surface area (Å²) in [5, 5.41) is 3.04. The minimum absolute atomic E-state index is 0.00267. The molecule has 0 aromatic rings. The van der Waals surface area contributed by atoms with E-state index in [2.05, 4.69) is 5.32 Å². The van der Waals surface area contributed by atoms with Gasteiger partial charge in [0.15, 0.2) is 0 Å². The lowest BCUT2D eigenvalue weighted by molar-refractivity contribution is -0.0327. The highest BCUT2D eigenvalue weighted by molar-refractivity contribution is 8.00. The van der Waals surface area contributed by atoms with Crippen LogP contribution in [0.15, 0.2) is 0 Å². The van der Waals surface area contributed by atoms with E-state index in [0.717, 1.165) is 12.8 Å². The Morgan fingerprint density at radius 1 is 1.36 bits per heavy atom. The second-order valence-electron chi connectivity index (χ2n) is 2.84. The predicted molar refractivity (Wildman–Crippen MR) is 55.9 cm³/mol. The number of rotatable bonds is 7. The zero-order valence-electron chi connectivity index (χ0n) is 8.03. The van der Waals surface area contributed by atoms with Gasteiger partial charge < -0.3 is 5.32 Å². The van der Waals surface area contributed by atoms with Crippen molar-refractivity contribution in [3.8, 4) is 0 Å². The summed E-state index contributed by atoms with van der Waals surface area (Å²) < 4.78 is 35.0. The summed E-state index contributed by atoms with van der Waals surface area (Å²) in [6.07, 6.45) is 1.69. The van der Waals surface area contributed by atoms with Crippen LogP contribution in [0, 0.1) is 0 Å². The molecule has 0 saturated carbocycles. The molecular weight excluding hydrogens is 235 g/mol. The van der Waals surface area contributed by atoms with E-state index < -0.39 is 5.51 Å². The SMILES string of the molecule is CCC(Cl)CCNCCSC(F)(F)F. The fourth-order valence-corrected chi connectivity index (χ4v) is 1.41. The standard InChI is InChI=1S/C8H15ClF3NS/c1-2-7(9)3-4-13-5-6-14-8(10,11)12/h7,13H,2-6H2,1H3. The summed E-state index contributed by atoms with van der Waals surface area (Å²) >= 11 is 5.83. The van der Waals surface area contributed by atoms with E-state index in [-0.39, 0.29) is 22.9 Å². The summed E-state index contributed by atoms with van der Waals surface area (Å²) in [6, 6.07) is 0. The molecule has 1 atom stereocenters. The molecule has 0 aliphatic carbocycles. The van der Waals surface area contributed by atoms with Crippen LogP contribution in [0.4, 0.5) is 13.2 Å². The maximum Gasteiger partial charge on any atom is 0.441 e. The van der Waals surface area contributed by atoms with Crippen LogP contribution in [0.2, 0.25) is 0 Å². The lowest BCUT2D eigenvalue weighted by atomic mass is 10.2. The van der Waals surface area contributed by atoms with Gasteiger partial charge in [-0.05, 0) is 31.1 Å². The molecule has 1 N–H and O–H groups in total. The normalized spacial score (nSPS) is 14.4. The van der Waals surface area contributed by atoms with E-state index >= 15 is 0 Å². The maximum absolute atomic E-state index is 11.7. The third kappa shape index (κ3) is 10.5. The van der Waals surface area contributed by atoms with Crippen molar-refractivity contribution in [2.45, 2.75) is 30.7 Å². The summed E-state index contributed by atoms with van der Waals surface area (Å²) in [5.74, 6) is 0.0581. The first-order valence-electron chi connectivity index (χ1n) is 4.51. The van der Waals surface area contributed by atoms with Gasteiger partial charge in [-0.2, -0.15) is 13.2 Å². The fourth-order valence-electron chi connectivity index (χ4n) is 0.827. The third-order valence-corrected chi connectivity index (χ3v) is 2.88. The number of hydrogen-bond donors (Lipinski definition) is 1. The molecule has 1 unspecified atom stereocenters. The van der Waals surface area contributed by atoms with Crippen molar-refractivity contribution in [3.05, 3.63) is 0 Å². The van der Waals surface area contributed by atoms with E-state index in [1.54, 1.807) is 0 Å². The van der Waals surface area contributed by atoms with Gasteiger partial charge in [0.2, 0.25) is 0 Å². The Balaban J connectivity index is 3.14. The highest BCUT2D eigenvalue weighted by Crippen LogP contribution is 2.29. The molecule has 0 aromatic heterocycles. The first-order chi connectivity index (χ1) is 6.45. The Morgan fingerprint density at radius 3 is 2.50 bits per heavy atom. The van der Waals surface area contributed by atoms with Gasteiger partial charge in [0.1, 0.15) is 0 Å². The average molecular weight is 250 g/mol. The van der Waals surface area contributed by atoms with Crippen LogP contribution < -0.4 is 5.32 Å². The van der Waals surface area contributed by atoms with Crippen molar-refractivity contribution in [1.82, 2.24) is 5.32 Å². The van der Waals surface area contributed by atoms with Crippen molar-refractivity contribution in [2.75, 3.05) is 18.8 Å². The molecule has 0 fully saturated rings. The minimum Gasteiger partial charge on any atom is -0.316 e. The minimum atomic E-state index is -4.11. The van der Waals surface area contributed by atoms with Crippen LogP contribution >= 0.6 is 23.4 Å². The Hall–Kier alpha value is 0.390. The molecule has 6 heteroatoms. The lowest BCUT2D eigenvalue weighted by Crippen LogP contribution is -2.22. The molecule has 0 radical (unpaired) electrons. The van der Waals surface area contributed by atoms with Crippen molar-refractivity contribution < 1.29 is 13.2 Å².